The summed E-state index contributed by atoms with van der Waals surface area (Å²) in [7, 11) is 2.04. The summed E-state index contributed by atoms with van der Waals surface area (Å²) in [6.45, 7) is 4.62. The van der Waals surface area contributed by atoms with Crippen LogP contribution in [-0.4, -0.2) is 13.1 Å². The van der Waals surface area contributed by atoms with Gasteiger partial charge in [-0.05, 0) is 82.3 Å². The van der Waals surface area contributed by atoms with E-state index in [-0.39, 0.29) is 12.0 Å². The highest BCUT2D eigenvalue weighted by molar-refractivity contribution is 5.98. The summed E-state index contributed by atoms with van der Waals surface area (Å²) in [6.07, 6.45) is 14.4. The third kappa shape index (κ3) is 4.18. The van der Waals surface area contributed by atoms with Crippen LogP contribution in [0.3, 0.4) is 0 Å². The molecule has 0 amide bonds. The van der Waals surface area contributed by atoms with Crippen molar-refractivity contribution in [2.45, 2.75) is 18.4 Å². The van der Waals surface area contributed by atoms with Gasteiger partial charge < -0.3 is 10.2 Å². The van der Waals surface area contributed by atoms with Gasteiger partial charge in [-0.1, -0.05) is 110 Å². The van der Waals surface area contributed by atoms with Crippen molar-refractivity contribution < 1.29 is 0 Å². The molecule has 0 aromatic heterocycles. The van der Waals surface area contributed by atoms with Crippen LogP contribution in [0.5, 0.6) is 0 Å². The van der Waals surface area contributed by atoms with Gasteiger partial charge in [0.25, 0.3) is 0 Å². The van der Waals surface area contributed by atoms with Crippen molar-refractivity contribution in [3.63, 3.8) is 0 Å². The van der Waals surface area contributed by atoms with E-state index in [4.69, 9.17) is 0 Å². The molecule has 1 N–H and O–H groups in total. The molecular formula is C38H32N2. The lowest BCUT2D eigenvalue weighted by molar-refractivity contribution is 0.605. The summed E-state index contributed by atoms with van der Waals surface area (Å²) in [4.78, 5) is 2.32. The summed E-state index contributed by atoms with van der Waals surface area (Å²) < 4.78 is 0. The second-order valence-electron chi connectivity index (χ2n) is 10.7. The Bertz CT molecular complexity index is 1730. The number of fused-ring (bicyclic) bond motifs is 3. The van der Waals surface area contributed by atoms with Crippen molar-refractivity contribution >= 4 is 22.5 Å². The van der Waals surface area contributed by atoms with Gasteiger partial charge in [0.2, 0.25) is 0 Å². The van der Waals surface area contributed by atoms with Gasteiger partial charge >= 0.3 is 0 Å². The number of hydrogen-bond donors (Lipinski definition) is 1. The Morgan fingerprint density at radius 1 is 0.850 bits per heavy atom. The summed E-state index contributed by atoms with van der Waals surface area (Å²) in [6, 6.07) is 35.3. The highest BCUT2D eigenvalue weighted by Gasteiger charge is 2.27. The minimum absolute atomic E-state index is 0.213. The highest BCUT2D eigenvalue weighted by Crippen LogP contribution is 2.46. The summed E-state index contributed by atoms with van der Waals surface area (Å²) in [5.74, 6) is 0.213. The van der Waals surface area contributed by atoms with Gasteiger partial charge in [0.1, 0.15) is 0 Å². The van der Waals surface area contributed by atoms with Crippen LogP contribution < -0.4 is 10.2 Å². The lowest BCUT2D eigenvalue weighted by Crippen LogP contribution is -2.31. The number of hydrogen-bond acceptors (Lipinski definition) is 2. The maximum Gasteiger partial charge on any atom is 0.0540 e. The Morgan fingerprint density at radius 2 is 1.65 bits per heavy atom. The fraction of sp³-hybridized carbons (Fsp3) is 0.105. The molecule has 1 aliphatic heterocycles. The van der Waals surface area contributed by atoms with E-state index < -0.39 is 0 Å². The summed E-state index contributed by atoms with van der Waals surface area (Å²) in [5.41, 5.74) is 13.6. The first kappa shape index (κ1) is 24.4. The Kier molecular flexibility index (Phi) is 6.18. The van der Waals surface area contributed by atoms with Crippen LogP contribution in [0.1, 0.15) is 28.2 Å². The van der Waals surface area contributed by atoms with Crippen LogP contribution in [0.15, 0.2) is 146 Å². The van der Waals surface area contributed by atoms with E-state index in [2.05, 4.69) is 150 Å². The lowest BCUT2D eigenvalue weighted by Gasteiger charge is -2.30. The van der Waals surface area contributed by atoms with Gasteiger partial charge in [0.05, 0.1) is 5.69 Å². The molecule has 0 saturated carbocycles. The van der Waals surface area contributed by atoms with Crippen LogP contribution >= 0.6 is 0 Å². The second-order valence-corrected chi connectivity index (χ2v) is 10.7. The topological polar surface area (TPSA) is 15.3 Å². The van der Waals surface area contributed by atoms with Gasteiger partial charge in [-0.15, -0.1) is 0 Å². The molecule has 40 heavy (non-hydrogen) atoms. The van der Waals surface area contributed by atoms with Crippen LogP contribution in [0.2, 0.25) is 0 Å². The zero-order valence-electron chi connectivity index (χ0n) is 22.7. The van der Waals surface area contributed by atoms with E-state index in [0.29, 0.717) is 0 Å². The predicted molar refractivity (Wildman–Crippen MR) is 170 cm³/mol. The fourth-order valence-corrected chi connectivity index (χ4v) is 6.37. The highest BCUT2D eigenvalue weighted by atomic mass is 15.1. The van der Waals surface area contributed by atoms with Crippen LogP contribution in [0, 0.1) is 0 Å². The number of benzene rings is 4. The largest absolute Gasteiger partial charge is 0.317 e. The van der Waals surface area contributed by atoms with Crippen molar-refractivity contribution in [3.8, 4) is 11.1 Å². The van der Waals surface area contributed by atoms with E-state index in [9.17, 15) is 0 Å². The molecule has 3 aliphatic rings. The van der Waals surface area contributed by atoms with E-state index in [1.165, 1.54) is 44.5 Å². The first-order valence-corrected chi connectivity index (χ1v) is 14.0. The molecule has 0 radical (unpaired) electrons. The number of likely N-dealkylation sites (N-methyl/N-ethyl adjacent to an activating group) is 1. The maximum absolute atomic E-state index is 4.62. The number of allylic oxidation sites excluding steroid dienone is 6. The third-order valence-electron chi connectivity index (χ3n) is 8.42. The molecule has 0 spiro atoms. The normalized spacial score (nSPS) is 21.3. The smallest absolute Gasteiger partial charge is 0.0540 e. The van der Waals surface area contributed by atoms with E-state index in [1.807, 2.05) is 7.05 Å². The molecule has 2 aliphatic carbocycles. The number of nitrogens with one attached hydrogen (secondary N) is 1. The Labute approximate surface area is 237 Å². The lowest BCUT2D eigenvalue weighted by atomic mass is 9.83. The molecule has 0 saturated heterocycles. The summed E-state index contributed by atoms with van der Waals surface area (Å²) >= 11 is 0. The monoisotopic (exact) mass is 516 g/mol. The van der Waals surface area contributed by atoms with Gasteiger partial charge in [-0.25, -0.2) is 0 Å². The van der Waals surface area contributed by atoms with Gasteiger partial charge in [-0.3, -0.25) is 0 Å². The van der Waals surface area contributed by atoms with Crippen molar-refractivity contribution in [1.82, 2.24) is 5.32 Å². The van der Waals surface area contributed by atoms with E-state index in [1.54, 1.807) is 0 Å². The number of nitrogens with zero attached hydrogens (tertiary/aromatic N) is 1. The molecule has 2 nitrogen and oxygen atoms in total. The molecule has 2 atom stereocenters. The average molecular weight is 517 g/mol. The average Bonchev–Trinajstić information content (AvgIpc) is 3.14. The molecule has 2 bridgehead atoms. The third-order valence-corrected chi connectivity index (χ3v) is 8.42. The molecule has 4 aromatic rings. The fourth-order valence-electron chi connectivity index (χ4n) is 6.37. The Hall–Kier alpha value is -4.66. The Morgan fingerprint density at radius 3 is 2.52 bits per heavy atom. The van der Waals surface area contributed by atoms with Crippen molar-refractivity contribution in [2.75, 3.05) is 11.9 Å². The second kappa shape index (κ2) is 10.1. The van der Waals surface area contributed by atoms with E-state index in [0.717, 1.165) is 23.4 Å². The number of rotatable bonds is 4. The minimum atomic E-state index is 0.213. The number of anilines is 2. The van der Waals surface area contributed by atoms with Gasteiger partial charge in [0, 0.05) is 29.4 Å². The molecule has 0 fully saturated rings. The molecule has 2 unspecified atom stereocenters. The molecule has 4 aromatic carbocycles. The Balaban J connectivity index is 1.35. The van der Waals surface area contributed by atoms with Gasteiger partial charge in [0.15, 0.2) is 0 Å². The SMILES string of the molecule is C=C1/C2=C\C=C/N(c3cccc(C4C=C(c5ccccc5)C=CC4NC)c3)c3cccc(c31)-c1ccccc1C2. The quantitative estimate of drug-likeness (QED) is 0.291. The molecular weight excluding hydrogens is 484 g/mol. The summed E-state index contributed by atoms with van der Waals surface area (Å²) in [5, 5.41) is 3.52. The van der Waals surface area contributed by atoms with Gasteiger partial charge in [-0.2, -0.15) is 0 Å². The van der Waals surface area contributed by atoms with Crippen molar-refractivity contribution in [1.29, 1.82) is 0 Å². The first-order valence-electron chi connectivity index (χ1n) is 14.0. The van der Waals surface area contributed by atoms with Crippen molar-refractivity contribution in [2.24, 2.45) is 0 Å². The minimum Gasteiger partial charge on any atom is -0.317 e. The first-order chi connectivity index (χ1) is 19.7. The zero-order chi connectivity index (χ0) is 27.1. The van der Waals surface area contributed by atoms with Crippen LogP contribution in [0.4, 0.5) is 11.4 Å². The molecule has 7 rings (SSSR count). The van der Waals surface area contributed by atoms with Crippen molar-refractivity contribution in [3.05, 3.63) is 168 Å². The van der Waals surface area contributed by atoms with E-state index >= 15 is 0 Å². The standard InChI is InChI=1S/C38H32N2/c1-26-28-15-10-22-40(37-19-9-18-34(38(26)37)33-17-7-6-13-30(33)23-28)32-16-8-14-31(24-32)35-25-29(20-21-36(35)39-2)27-11-4-3-5-12-27/h3-22,24-25,35-36,39H,1,23H2,2H3/b22-10-,28-15-. The molecule has 1 heterocycles. The zero-order valence-corrected chi connectivity index (χ0v) is 22.7. The molecule has 194 valence electrons. The van der Waals surface area contributed by atoms with Crippen LogP contribution in [-0.2, 0) is 6.42 Å². The van der Waals surface area contributed by atoms with Crippen LogP contribution in [0.25, 0.3) is 22.3 Å². The predicted octanol–water partition coefficient (Wildman–Crippen LogP) is 8.84. The maximum atomic E-state index is 4.62. The molecule has 2 heteroatoms.